The molecule has 1 amide bonds. The Labute approximate surface area is 135 Å². The average Bonchev–Trinajstić information content (AvgIpc) is 2.50. The molecule has 1 saturated carbocycles. The third-order valence-electron chi connectivity index (χ3n) is 3.80. The first kappa shape index (κ1) is 16.4. The standard InChI is InChI=1S/C15H22ClN3OS/c1-3-17-14-8-12(13(16)9-18-14)15(20)19-10-4-6-11(21-2)7-5-10/h8-11H,3-7H2,1-2H3,(H,17,18)(H,19,20). The van der Waals surface area contributed by atoms with Gasteiger partial charge in [0.15, 0.2) is 0 Å². The van der Waals surface area contributed by atoms with Gasteiger partial charge in [-0.05, 0) is 44.9 Å². The molecule has 1 aliphatic carbocycles. The van der Waals surface area contributed by atoms with Gasteiger partial charge >= 0.3 is 0 Å². The highest BCUT2D eigenvalue weighted by Crippen LogP contribution is 2.27. The fraction of sp³-hybridized carbons (Fsp3) is 0.600. The molecule has 0 unspecified atom stereocenters. The Hall–Kier alpha value is -0.940. The van der Waals surface area contributed by atoms with Crippen LogP contribution in [0.25, 0.3) is 0 Å². The minimum Gasteiger partial charge on any atom is -0.370 e. The van der Waals surface area contributed by atoms with Crippen LogP contribution >= 0.6 is 23.4 Å². The monoisotopic (exact) mass is 327 g/mol. The number of anilines is 1. The molecule has 2 rings (SSSR count). The van der Waals surface area contributed by atoms with Crippen molar-refractivity contribution in [2.24, 2.45) is 0 Å². The summed E-state index contributed by atoms with van der Waals surface area (Å²) < 4.78 is 0. The molecular weight excluding hydrogens is 306 g/mol. The second kappa shape index (κ2) is 7.90. The van der Waals surface area contributed by atoms with Gasteiger partial charge in [-0.1, -0.05) is 11.6 Å². The molecule has 1 fully saturated rings. The third kappa shape index (κ3) is 4.51. The molecule has 0 radical (unpaired) electrons. The summed E-state index contributed by atoms with van der Waals surface area (Å²) in [4.78, 5) is 16.5. The van der Waals surface area contributed by atoms with Crippen LogP contribution in [-0.4, -0.2) is 35.0 Å². The van der Waals surface area contributed by atoms with Crippen molar-refractivity contribution in [2.75, 3.05) is 18.1 Å². The van der Waals surface area contributed by atoms with Gasteiger partial charge in [-0.2, -0.15) is 11.8 Å². The molecule has 21 heavy (non-hydrogen) atoms. The summed E-state index contributed by atoms with van der Waals surface area (Å²) >= 11 is 8.02. The highest BCUT2D eigenvalue weighted by atomic mass is 35.5. The smallest absolute Gasteiger partial charge is 0.253 e. The van der Waals surface area contributed by atoms with Crippen molar-refractivity contribution in [3.63, 3.8) is 0 Å². The van der Waals surface area contributed by atoms with E-state index in [9.17, 15) is 4.79 Å². The van der Waals surface area contributed by atoms with Crippen LogP contribution in [0.4, 0.5) is 5.82 Å². The van der Waals surface area contributed by atoms with Crippen LogP contribution in [0.5, 0.6) is 0 Å². The van der Waals surface area contributed by atoms with Gasteiger partial charge in [-0.15, -0.1) is 0 Å². The summed E-state index contributed by atoms with van der Waals surface area (Å²) in [7, 11) is 0. The summed E-state index contributed by atoms with van der Waals surface area (Å²) in [6.07, 6.45) is 8.10. The van der Waals surface area contributed by atoms with Gasteiger partial charge in [0.2, 0.25) is 0 Å². The number of carbonyl (C=O) groups excluding carboxylic acids is 1. The summed E-state index contributed by atoms with van der Waals surface area (Å²) in [5.41, 5.74) is 0.495. The lowest BCUT2D eigenvalue weighted by atomic mass is 9.95. The predicted octanol–water partition coefficient (Wildman–Crippen LogP) is 3.57. The number of carbonyl (C=O) groups is 1. The van der Waals surface area contributed by atoms with Gasteiger partial charge in [0.25, 0.3) is 5.91 Å². The summed E-state index contributed by atoms with van der Waals surface area (Å²) in [5, 5.41) is 7.33. The van der Waals surface area contributed by atoms with Gasteiger partial charge in [-0.25, -0.2) is 4.98 Å². The number of amides is 1. The number of hydrogen-bond acceptors (Lipinski definition) is 4. The van der Waals surface area contributed by atoms with Gasteiger partial charge in [0.1, 0.15) is 5.82 Å². The Balaban J connectivity index is 1.98. The van der Waals surface area contributed by atoms with E-state index in [0.717, 1.165) is 24.6 Å². The maximum absolute atomic E-state index is 12.4. The van der Waals surface area contributed by atoms with Gasteiger partial charge in [0, 0.05) is 24.0 Å². The minimum atomic E-state index is -0.103. The Bertz CT molecular complexity index is 490. The molecule has 0 aliphatic heterocycles. The minimum absolute atomic E-state index is 0.103. The van der Waals surface area contributed by atoms with Crippen LogP contribution in [0.15, 0.2) is 12.3 Å². The zero-order chi connectivity index (χ0) is 15.2. The van der Waals surface area contributed by atoms with Crippen LogP contribution < -0.4 is 10.6 Å². The number of nitrogens with one attached hydrogen (secondary N) is 2. The largest absolute Gasteiger partial charge is 0.370 e. The van der Waals surface area contributed by atoms with Crippen molar-refractivity contribution in [3.05, 3.63) is 22.8 Å². The first-order chi connectivity index (χ1) is 10.1. The Morgan fingerprint density at radius 3 is 2.76 bits per heavy atom. The zero-order valence-electron chi connectivity index (χ0n) is 12.5. The van der Waals surface area contributed by atoms with Crippen LogP contribution in [0.3, 0.4) is 0 Å². The third-order valence-corrected chi connectivity index (χ3v) is 5.24. The van der Waals surface area contributed by atoms with E-state index >= 15 is 0 Å². The molecule has 6 heteroatoms. The fourth-order valence-corrected chi connectivity index (χ4v) is 3.53. The van der Waals surface area contributed by atoms with Crippen molar-refractivity contribution >= 4 is 35.1 Å². The van der Waals surface area contributed by atoms with E-state index in [1.54, 1.807) is 6.07 Å². The molecule has 4 nitrogen and oxygen atoms in total. The molecule has 0 saturated heterocycles. The highest BCUT2D eigenvalue weighted by molar-refractivity contribution is 7.99. The summed E-state index contributed by atoms with van der Waals surface area (Å²) in [5.74, 6) is 0.576. The first-order valence-corrected chi connectivity index (χ1v) is 9.03. The maximum atomic E-state index is 12.4. The Kier molecular flexibility index (Phi) is 6.18. The van der Waals surface area contributed by atoms with E-state index in [-0.39, 0.29) is 11.9 Å². The second-order valence-corrected chi connectivity index (χ2v) is 6.81. The Morgan fingerprint density at radius 1 is 1.43 bits per heavy atom. The van der Waals surface area contributed by atoms with Crippen LogP contribution in [0, 0.1) is 0 Å². The zero-order valence-corrected chi connectivity index (χ0v) is 14.1. The van der Waals surface area contributed by atoms with Crippen molar-refractivity contribution in [1.82, 2.24) is 10.3 Å². The lowest BCUT2D eigenvalue weighted by Crippen LogP contribution is -2.38. The van der Waals surface area contributed by atoms with Crippen LogP contribution in [0.2, 0.25) is 5.02 Å². The molecule has 0 bridgehead atoms. The number of thioether (sulfide) groups is 1. The number of aromatic nitrogens is 1. The van der Waals surface area contributed by atoms with E-state index in [1.165, 1.54) is 19.0 Å². The molecule has 2 N–H and O–H groups in total. The number of hydrogen-bond donors (Lipinski definition) is 2. The quantitative estimate of drug-likeness (QED) is 0.868. The molecule has 116 valence electrons. The highest BCUT2D eigenvalue weighted by Gasteiger charge is 2.23. The van der Waals surface area contributed by atoms with Crippen LogP contribution in [0.1, 0.15) is 43.0 Å². The first-order valence-electron chi connectivity index (χ1n) is 7.37. The van der Waals surface area contributed by atoms with Gasteiger partial charge in [0.05, 0.1) is 10.6 Å². The second-order valence-electron chi connectivity index (χ2n) is 5.26. The van der Waals surface area contributed by atoms with Crippen molar-refractivity contribution in [1.29, 1.82) is 0 Å². The average molecular weight is 328 g/mol. The lowest BCUT2D eigenvalue weighted by Gasteiger charge is -2.28. The molecule has 0 aromatic carbocycles. The summed E-state index contributed by atoms with van der Waals surface area (Å²) in [6.45, 7) is 2.74. The molecule has 1 heterocycles. The summed E-state index contributed by atoms with van der Waals surface area (Å²) in [6, 6.07) is 1.97. The number of halogens is 1. The molecule has 1 aromatic heterocycles. The predicted molar refractivity (Wildman–Crippen MR) is 90.4 cm³/mol. The Morgan fingerprint density at radius 2 is 2.14 bits per heavy atom. The molecule has 0 atom stereocenters. The van der Waals surface area contributed by atoms with E-state index < -0.39 is 0 Å². The molecule has 0 spiro atoms. The van der Waals surface area contributed by atoms with Crippen LogP contribution in [-0.2, 0) is 0 Å². The van der Waals surface area contributed by atoms with E-state index in [0.29, 0.717) is 16.4 Å². The fourth-order valence-electron chi connectivity index (χ4n) is 2.60. The molecule has 1 aliphatic rings. The topological polar surface area (TPSA) is 54.0 Å². The number of pyridine rings is 1. The van der Waals surface area contributed by atoms with Crippen molar-refractivity contribution in [3.8, 4) is 0 Å². The van der Waals surface area contributed by atoms with Gasteiger partial charge < -0.3 is 10.6 Å². The van der Waals surface area contributed by atoms with Crippen molar-refractivity contribution < 1.29 is 4.79 Å². The molecule has 1 aromatic rings. The van der Waals surface area contributed by atoms with Crippen molar-refractivity contribution in [2.45, 2.75) is 43.9 Å². The van der Waals surface area contributed by atoms with Gasteiger partial charge in [-0.3, -0.25) is 4.79 Å². The van der Waals surface area contributed by atoms with E-state index in [1.807, 2.05) is 18.7 Å². The number of rotatable bonds is 5. The van der Waals surface area contributed by atoms with E-state index in [2.05, 4.69) is 21.9 Å². The number of nitrogens with zero attached hydrogens (tertiary/aromatic N) is 1. The normalized spacial score (nSPS) is 21.9. The molecular formula is C15H22ClN3OS. The lowest BCUT2D eigenvalue weighted by molar-refractivity contribution is 0.0928. The maximum Gasteiger partial charge on any atom is 0.253 e. The van der Waals surface area contributed by atoms with E-state index in [4.69, 9.17) is 11.6 Å². The SMILES string of the molecule is CCNc1cc(C(=O)NC2CCC(SC)CC2)c(Cl)cn1.